The molecule has 2 heterocycles. The van der Waals surface area contributed by atoms with Crippen LogP contribution in [0.5, 0.6) is 0 Å². The lowest BCUT2D eigenvalue weighted by atomic mass is 9.88. The van der Waals surface area contributed by atoms with Crippen LogP contribution in [0.4, 0.5) is 0 Å². The highest BCUT2D eigenvalue weighted by molar-refractivity contribution is 7.88. The van der Waals surface area contributed by atoms with Crippen LogP contribution in [0.25, 0.3) is 0 Å². The van der Waals surface area contributed by atoms with E-state index in [1.54, 1.807) is 4.31 Å². The number of nitrogens with zero attached hydrogens (tertiary/aromatic N) is 3. The quantitative estimate of drug-likeness (QED) is 0.761. The van der Waals surface area contributed by atoms with E-state index in [2.05, 4.69) is 0 Å². The second-order valence-electron chi connectivity index (χ2n) is 7.17. The predicted octanol–water partition coefficient (Wildman–Crippen LogP) is 0.666. The first-order chi connectivity index (χ1) is 11.5. The van der Waals surface area contributed by atoms with Crippen molar-refractivity contribution < 1.29 is 16.8 Å². The molecule has 0 amide bonds. The van der Waals surface area contributed by atoms with Crippen molar-refractivity contribution in [1.82, 2.24) is 12.9 Å². The third-order valence-corrected chi connectivity index (χ3v) is 8.45. The van der Waals surface area contributed by atoms with Crippen molar-refractivity contribution in [3.63, 3.8) is 0 Å². The minimum Gasteiger partial charge on any atom is -0.213 e. The smallest absolute Gasteiger partial charge is 0.213 e. The van der Waals surface area contributed by atoms with Crippen molar-refractivity contribution >= 4 is 20.2 Å². The molecule has 1 aromatic rings. The van der Waals surface area contributed by atoms with E-state index in [9.17, 15) is 16.8 Å². The molecular weight excluding hydrogens is 362 g/mol. The molecular formula is C16H25N3O4S2. The summed E-state index contributed by atoms with van der Waals surface area (Å²) in [5.41, 5.74) is 1.97. The minimum atomic E-state index is -3.59. The summed E-state index contributed by atoms with van der Waals surface area (Å²) in [6, 6.07) is 7.40. The highest BCUT2D eigenvalue weighted by Crippen LogP contribution is 2.47. The van der Waals surface area contributed by atoms with Crippen molar-refractivity contribution in [3.8, 4) is 0 Å². The second-order valence-corrected chi connectivity index (χ2v) is 11.2. The summed E-state index contributed by atoms with van der Waals surface area (Å²) in [6.45, 7) is 3.05. The number of rotatable bonds is 4. The molecule has 0 bridgehead atoms. The normalized spacial score (nSPS) is 28.6. The zero-order chi connectivity index (χ0) is 18.6. The molecule has 0 unspecified atom stereocenters. The van der Waals surface area contributed by atoms with Crippen LogP contribution in [-0.4, -0.2) is 69.7 Å². The first-order valence-electron chi connectivity index (χ1n) is 8.23. The van der Waals surface area contributed by atoms with Gasteiger partial charge in [-0.3, -0.25) is 0 Å². The molecule has 25 heavy (non-hydrogen) atoms. The van der Waals surface area contributed by atoms with Crippen LogP contribution < -0.4 is 0 Å². The fourth-order valence-electron chi connectivity index (χ4n) is 3.99. The van der Waals surface area contributed by atoms with Crippen molar-refractivity contribution in [1.29, 1.82) is 0 Å². The average molecular weight is 388 g/mol. The molecule has 7 nitrogen and oxygen atoms in total. The van der Waals surface area contributed by atoms with Gasteiger partial charge in [-0.15, -0.1) is 0 Å². The molecule has 2 fully saturated rings. The lowest BCUT2D eigenvalue weighted by Gasteiger charge is -2.31. The summed E-state index contributed by atoms with van der Waals surface area (Å²) < 4.78 is 53.9. The summed E-state index contributed by atoms with van der Waals surface area (Å²) in [6.07, 6.45) is 1.21. The van der Waals surface area contributed by atoms with Gasteiger partial charge in [0.05, 0.1) is 12.3 Å². The fourth-order valence-corrected chi connectivity index (χ4v) is 6.25. The summed E-state index contributed by atoms with van der Waals surface area (Å²) in [5, 5.41) is 0. The Labute approximate surface area is 150 Å². The maximum Gasteiger partial charge on any atom is 0.282 e. The van der Waals surface area contributed by atoms with Gasteiger partial charge in [0.1, 0.15) is 0 Å². The van der Waals surface area contributed by atoms with E-state index >= 15 is 0 Å². The Morgan fingerprint density at radius 3 is 2.24 bits per heavy atom. The number of benzene rings is 1. The SMILES string of the molecule is Cc1ccccc1[C@@H]1[C@H]2CN(S(C)(=O)=O)C[C@H]2CN1S(=O)(=O)N(C)C. The first kappa shape index (κ1) is 18.8. The zero-order valence-electron chi connectivity index (χ0n) is 15.0. The van der Waals surface area contributed by atoms with Gasteiger partial charge < -0.3 is 0 Å². The number of sulfonamides is 1. The molecule has 3 atom stereocenters. The average Bonchev–Trinajstić information content (AvgIpc) is 3.05. The third-order valence-electron chi connectivity index (χ3n) is 5.32. The maximum absolute atomic E-state index is 12.9. The predicted molar refractivity (Wildman–Crippen MR) is 96.6 cm³/mol. The Balaban J connectivity index is 2.05. The summed E-state index contributed by atoms with van der Waals surface area (Å²) in [5.74, 6) is -0.0281. The highest BCUT2D eigenvalue weighted by atomic mass is 32.2. The first-order valence-corrected chi connectivity index (χ1v) is 11.5. The van der Waals surface area contributed by atoms with Crippen LogP contribution in [0.15, 0.2) is 24.3 Å². The molecule has 2 aliphatic rings. The molecule has 2 aliphatic heterocycles. The number of hydrogen-bond acceptors (Lipinski definition) is 4. The van der Waals surface area contributed by atoms with Crippen LogP contribution in [0.3, 0.4) is 0 Å². The molecule has 0 radical (unpaired) electrons. The Bertz CT molecular complexity index is 867. The van der Waals surface area contributed by atoms with Crippen LogP contribution in [0.1, 0.15) is 17.2 Å². The summed E-state index contributed by atoms with van der Waals surface area (Å²) in [4.78, 5) is 0. The molecule has 2 saturated heterocycles. The van der Waals surface area contributed by atoms with E-state index < -0.39 is 20.2 Å². The standard InChI is InChI=1S/C16H25N3O4S2/c1-12-7-5-6-8-14(12)16-15-11-18(24(4,20)21)9-13(15)10-19(16)25(22,23)17(2)3/h5-8,13,15-16H,9-11H2,1-4H3/t13-,15-,16+/m0/s1. The van der Waals surface area contributed by atoms with E-state index in [4.69, 9.17) is 0 Å². The lowest BCUT2D eigenvalue weighted by molar-refractivity contribution is 0.306. The molecule has 0 saturated carbocycles. The van der Waals surface area contributed by atoms with Crippen LogP contribution in [0, 0.1) is 18.8 Å². The fraction of sp³-hybridized carbons (Fsp3) is 0.625. The van der Waals surface area contributed by atoms with Crippen LogP contribution in [-0.2, 0) is 20.2 Å². The van der Waals surface area contributed by atoms with E-state index in [1.807, 2.05) is 31.2 Å². The molecule has 0 aromatic heterocycles. The van der Waals surface area contributed by atoms with E-state index in [0.29, 0.717) is 19.6 Å². The van der Waals surface area contributed by atoms with Gasteiger partial charge in [0.15, 0.2) is 0 Å². The van der Waals surface area contributed by atoms with Crippen molar-refractivity contribution in [2.75, 3.05) is 40.0 Å². The number of fused-ring (bicyclic) bond motifs is 1. The van der Waals surface area contributed by atoms with Crippen LogP contribution >= 0.6 is 0 Å². The van der Waals surface area contributed by atoms with Gasteiger partial charge in [-0.1, -0.05) is 24.3 Å². The van der Waals surface area contributed by atoms with Gasteiger partial charge in [-0.2, -0.15) is 17.0 Å². The highest BCUT2D eigenvalue weighted by Gasteiger charge is 2.53. The Kier molecular flexibility index (Phi) is 4.74. The molecule has 0 N–H and O–H groups in total. The molecule has 1 aromatic carbocycles. The van der Waals surface area contributed by atoms with Gasteiger partial charge in [0, 0.05) is 33.7 Å². The van der Waals surface area contributed by atoms with Gasteiger partial charge in [-0.25, -0.2) is 12.7 Å². The summed E-state index contributed by atoms with van der Waals surface area (Å²) in [7, 11) is -3.80. The van der Waals surface area contributed by atoms with Crippen molar-refractivity contribution in [2.24, 2.45) is 11.8 Å². The Morgan fingerprint density at radius 1 is 1.04 bits per heavy atom. The Morgan fingerprint density at radius 2 is 1.68 bits per heavy atom. The molecule has 3 rings (SSSR count). The molecule has 0 aliphatic carbocycles. The number of aryl methyl sites for hydroxylation is 1. The van der Waals surface area contributed by atoms with Gasteiger partial charge in [-0.05, 0) is 29.9 Å². The molecule has 9 heteroatoms. The molecule has 0 spiro atoms. The molecule has 140 valence electrons. The van der Waals surface area contributed by atoms with Gasteiger partial charge in [0.25, 0.3) is 10.2 Å². The third kappa shape index (κ3) is 3.23. The largest absolute Gasteiger partial charge is 0.282 e. The lowest BCUT2D eigenvalue weighted by Crippen LogP contribution is -2.42. The monoisotopic (exact) mass is 387 g/mol. The van der Waals surface area contributed by atoms with Crippen LogP contribution in [0.2, 0.25) is 0 Å². The minimum absolute atomic E-state index is 0.00839. The number of hydrogen-bond donors (Lipinski definition) is 0. The van der Waals surface area contributed by atoms with Crippen molar-refractivity contribution in [2.45, 2.75) is 13.0 Å². The topological polar surface area (TPSA) is 78.0 Å². The van der Waals surface area contributed by atoms with E-state index in [0.717, 1.165) is 11.1 Å². The maximum atomic E-state index is 12.9. The van der Waals surface area contributed by atoms with E-state index in [-0.39, 0.29) is 17.9 Å². The summed E-state index contributed by atoms with van der Waals surface area (Å²) >= 11 is 0. The van der Waals surface area contributed by atoms with E-state index in [1.165, 1.54) is 29.0 Å². The zero-order valence-corrected chi connectivity index (χ0v) is 16.6. The van der Waals surface area contributed by atoms with Gasteiger partial charge >= 0.3 is 0 Å². The Hall–Kier alpha value is -1.00. The van der Waals surface area contributed by atoms with Gasteiger partial charge in [0.2, 0.25) is 10.0 Å². The second kappa shape index (κ2) is 6.31. The van der Waals surface area contributed by atoms with Crippen molar-refractivity contribution in [3.05, 3.63) is 35.4 Å².